The van der Waals surface area contributed by atoms with Crippen molar-refractivity contribution in [3.63, 3.8) is 0 Å². The smallest absolute Gasteiger partial charge is 0.125 e. The molecule has 0 saturated heterocycles. The summed E-state index contributed by atoms with van der Waals surface area (Å²) in [6.07, 6.45) is 4.18. The van der Waals surface area contributed by atoms with Crippen molar-refractivity contribution >= 4 is 0 Å². The largest absolute Gasteiger partial charge is 0.380 e. The molecule has 0 aromatic rings. The van der Waals surface area contributed by atoms with Crippen LogP contribution >= 0.6 is 0 Å². The molecule has 2 nitrogen and oxygen atoms in total. The fourth-order valence-corrected chi connectivity index (χ4v) is 1.64. The highest BCUT2D eigenvalue weighted by atomic mass is 16.3. The maximum atomic E-state index is 10.0. The van der Waals surface area contributed by atoms with Crippen molar-refractivity contribution in [1.82, 2.24) is 0 Å². The number of hydrogen-bond acceptors (Lipinski definition) is 2. The molecule has 1 saturated carbocycles. The maximum absolute atomic E-state index is 10.0. The first-order valence-corrected chi connectivity index (χ1v) is 5.47. The minimum Gasteiger partial charge on any atom is -0.380 e. The van der Waals surface area contributed by atoms with E-state index in [2.05, 4.69) is 11.8 Å². The first kappa shape index (κ1) is 11.6. The Bertz CT molecular complexity index is 228. The van der Waals surface area contributed by atoms with E-state index in [1.165, 1.54) is 6.42 Å². The van der Waals surface area contributed by atoms with Crippen molar-refractivity contribution in [3.8, 4) is 11.8 Å². The van der Waals surface area contributed by atoms with E-state index >= 15 is 0 Å². The Morgan fingerprint density at radius 1 is 1.14 bits per heavy atom. The number of rotatable bonds is 1. The zero-order valence-electron chi connectivity index (χ0n) is 9.08. The monoisotopic (exact) mass is 196 g/mol. The van der Waals surface area contributed by atoms with Gasteiger partial charge in [-0.1, -0.05) is 32.1 Å². The molecule has 2 N–H and O–H groups in total. The molecule has 0 spiro atoms. The van der Waals surface area contributed by atoms with Gasteiger partial charge in [-0.15, -0.1) is 0 Å². The van der Waals surface area contributed by atoms with Gasteiger partial charge in [0.25, 0.3) is 0 Å². The van der Waals surface area contributed by atoms with Gasteiger partial charge in [0.05, 0.1) is 0 Å². The van der Waals surface area contributed by atoms with E-state index in [1.54, 1.807) is 0 Å². The number of hydrogen-bond donors (Lipinski definition) is 2. The molecule has 1 aliphatic carbocycles. The van der Waals surface area contributed by atoms with E-state index in [0.717, 1.165) is 25.7 Å². The van der Waals surface area contributed by atoms with Crippen LogP contribution in [0.3, 0.4) is 0 Å². The molecule has 1 aliphatic rings. The highest BCUT2D eigenvalue weighted by molar-refractivity contribution is 5.17. The fourth-order valence-electron chi connectivity index (χ4n) is 1.64. The van der Waals surface area contributed by atoms with Gasteiger partial charge in [0.1, 0.15) is 11.7 Å². The van der Waals surface area contributed by atoms with Gasteiger partial charge in [-0.2, -0.15) is 0 Å². The summed E-state index contributed by atoms with van der Waals surface area (Å²) in [5, 5.41) is 19.5. The molecule has 14 heavy (non-hydrogen) atoms. The molecule has 80 valence electrons. The molecule has 0 aliphatic heterocycles. The van der Waals surface area contributed by atoms with Gasteiger partial charge in [-0.05, 0) is 31.6 Å². The van der Waals surface area contributed by atoms with Crippen LogP contribution in [-0.2, 0) is 0 Å². The second-order valence-corrected chi connectivity index (χ2v) is 4.55. The molecule has 1 atom stereocenters. The van der Waals surface area contributed by atoms with Crippen LogP contribution in [-0.4, -0.2) is 21.9 Å². The Balaban J connectivity index is 2.55. The van der Waals surface area contributed by atoms with Crippen molar-refractivity contribution < 1.29 is 10.2 Å². The van der Waals surface area contributed by atoms with Crippen molar-refractivity contribution in [3.05, 3.63) is 0 Å². The third-order valence-corrected chi connectivity index (χ3v) is 2.76. The van der Waals surface area contributed by atoms with Gasteiger partial charge < -0.3 is 10.2 Å². The van der Waals surface area contributed by atoms with Crippen molar-refractivity contribution in [1.29, 1.82) is 0 Å². The molecule has 1 fully saturated rings. The Hall–Kier alpha value is -0.520. The van der Waals surface area contributed by atoms with Crippen LogP contribution in [0.4, 0.5) is 0 Å². The van der Waals surface area contributed by atoms with Gasteiger partial charge in [-0.25, -0.2) is 0 Å². The van der Waals surface area contributed by atoms with E-state index in [-0.39, 0.29) is 5.92 Å². The maximum Gasteiger partial charge on any atom is 0.125 e. The molecule has 0 radical (unpaired) electrons. The minimum atomic E-state index is -0.825. The summed E-state index contributed by atoms with van der Waals surface area (Å²) >= 11 is 0. The van der Waals surface area contributed by atoms with E-state index in [1.807, 2.05) is 13.8 Å². The minimum absolute atomic E-state index is 0.134. The first-order valence-electron chi connectivity index (χ1n) is 5.47. The second kappa shape index (κ2) is 4.82. The molecule has 1 rings (SSSR count). The van der Waals surface area contributed by atoms with Crippen LogP contribution in [0.2, 0.25) is 0 Å². The lowest BCUT2D eigenvalue weighted by Crippen LogP contribution is -2.29. The standard InChI is InChI=1S/C12H20O2/c1-10(2)11(13)6-9-12(14)7-4-3-5-8-12/h10-11,13-14H,3-5,7-8H2,1-2H3. The average Bonchev–Trinajstić information content (AvgIpc) is 2.15. The summed E-state index contributed by atoms with van der Waals surface area (Å²) in [7, 11) is 0. The van der Waals surface area contributed by atoms with Crippen LogP contribution in [0.5, 0.6) is 0 Å². The number of aliphatic hydroxyl groups is 2. The molecule has 1 unspecified atom stereocenters. The van der Waals surface area contributed by atoms with Crippen molar-refractivity contribution in [2.45, 2.75) is 57.7 Å². The number of aliphatic hydroxyl groups excluding tert-OH is 1. The lowest BCUT2D eigenvalue weighted by atomic mass is 9.85. The van der Waals surface area contributed by atoms with Crippen LogP contribution in [0, 0.1) is 17.8 Å². The lowest BCUT2D eigenvalue weighted by Gasteiger charge is -2.26. The molecule has 0 amide bonds. The van der Waals surface area contributed by atoms with E-state index in [0.29, 0.717) is 0 Å². The van der Waals surface area contributed by atoms with Crippen LogP contribution in [0.15, 0.2) is 0 Å². The zero-order valence-corrected chi connectivity index (χ0v) is 9.08. The quantitative estimate of drug-likeness (QED) is 0.627. The molecule has 0 aromatic carbocycles. The average molecular weight is 196 g/mol. The lowest BCUT2D eigenvalue weighted by molar-refractivity contribution is 0.0601. The van der Waals surface area contributed by atoms with Gasteiger partial charge in [0.15, 0.2) is 0 Å². The first-order chi connectivity index (χ1) is 6.53. The third kappa shape index (κ3) is 3.32. The zero-order chi connectivity index (χ0) is 10.6. The van der Waals surface area contributed by atoms with Crippen LogP contribution in [0.1, 0.15) is 46.0 Å². The third-order valence-electron chi connectivity index (χ3n) is 2.76. The highest BCUT2D eigenvalue weighted by Gasteiger charge is 2.26. The Labute approximate surface area is 86.3 Å². The highest BCUT2D eigenvalue weighted by Crippen LogP contribution is 2.27. The van der Waals surface area contributed by atoms with E-state index in [4.69, 9.17) is 0 Å². The van der Waals surface area contributed by atoms with Gasteiger partial charge in [-0.3, -0.25) is 0 Å². The normalized spacial score (nSPS) is 22.6. The van der Waals surface area contributed by atoms with Gasteiger partial charge in [0.2, 0.25) is 0 Å². The molecule has 0 bridgehead atoms. The summed E-state index contributed by atoms with van der Waals surface area (Å²) in [6, 6.07) is 0. The molecule has 2 heteroatoms. The van der Waals surface area contributed by atoms with E-state index in [9.17, 15) is 10.2 Å². The Morgan fingerprint density at radius 2 is 1.71 bits per heavy atom. The topological polar surface area (TPSA) is 40.5 Å². The molecular formula is C12H20O2. The van der Waals surface area contributed by atoms with Crippen LogP contribution < -0.4 is 0 Å². The summed E-state index contributed by atoms with van der Waals surface area (Å²) in [4.78, 5) is 0. The summed E-state index contributed by atoms with van der Waals surface area (Å²) in [6.45, 7) is 3.84. The van der Waals surface area contributed by atoms with E-state index < -0.39 is 11.7 Å². The predicted octanol–water partition coefficient (Wildman–Crippen LogP) is 1.70. The van der Waals surface area contributed by atoms with Crippen molar-refractivity contribution in [2.24, 2.45) is 5.92 Å². The summed E-state index contributed by atoms with van der Waals surface area (Å²) in [5.74, 6) is 5.72. The Morgan fingerprint density at radius 3 is 2.21 bits per heavy atom. The van der Waals surface area contributed by atoms with Crippen LogP contribution in [0.25, 0.3) is 0 Å². The molecule has 0 heterocycles. The summed E-state index contributed by atoms with van der Waals surface area (Å²) in [5.41, 5.74) is -0.825. The summed E-state index contributed by atoms with van der Waals surface area (Å²) < 4.78 is 0. The van der Waals surface area contributed by atoms with Crippen molar-refractivity contribution in [2.75, 3.05) is 0 Å². The second-order valence-electron chi connectivity index (χ2n) is 4.55. The molecule has 0 aromatic heterocycles. The SMILES string of the molecule is CC(C)C(O)C#CC1(O)CCCCC1. The van der Waals surface area contributed by atoms with Gasteiger partial charge in [0, 0.05) is 0 Å². The van der Waals surface area contributed by atoms with Gasteiger partial charge >= 0.3 is 0 Å². The predicted molar refractivity (Wildman–Crippen MR) is 56.7 cm³/mol. The Kier molecular flexibility index (Phi) is 3.97. The fraction of sp³-hybridized carbons (Fsp3) is 0.833. The molecular weight excluding hydrogens is 176 g/mol.